The molecule has 0 saturated carbocycles. The van der Waals surface area contributed by atoms with Gasteiger partial charge in [-0.05, 0) is 38.7 Å². The Balaban J connectivity index is 1.59. The van der Waals surface area contributed by atoms with Crippen LogP contribution in [0.25, 0.3) is 0 Å². The Morgan fingerprint density at radius 1 is 1.24 bits per heavy atom. The van der Waals surface area contributed by atoms with Crippen LogP contribution in [0.15, 0.2) is 24.3 Å². The van der Waals surface area contributed by atoms with Crippen LogP contribution in [-0.4, -0.2) is 74.3 Å². The highest BCUT2D eigenvalue weighted by atomic mass is 32.3. The second kappa shape index (κ2) is 7.65. The fourth-order valence-electron chi connectivity index (χ4n) is 4.87. The molecule has 0 spiro atoms. The van der Waals surface area contributed by atoms with E-state index in [0.29, 0.717) is 45.3 Å². The lowest BCUT2D eigenvalue weighted by atomic mass is 9.97. The topological polar surface area (TPSA) is 93.1 Å². The number of carbonyl (C=O) groups is 1. The number of phenolic OH excluding ortho intramolecular Hbond substituents is 1. The van der Waals surface area contributed by atoms with Crippen LogP contribution in [0, 0.1) is 5.92 Å². The maximum absolute atomic E-state index is 13.3. The molecule has 3 fully saturated rings. The summed E-state index contributed by atoms with van der Waals surface area (Å²) >= 11 is 0. The number of hydrogen-bond acceptors (Lipinski definition) is 6. The quantitative estimate of drug-likeness (QED) is 0.742. The minimum Gasteiger partial charge on any atom is -0.614 e. The van der Waals surface area contributed by atoms with E-state index < -0.39 is 20.2 Å². The van der Waals surface area contributed by atoms with Crippen LogP contribution in [0.1, 0.15) is 32.3 Å². The number of para-hydroxylation sites is 1. The molecule has 29 heavy (non-hydrogen) atoms. The minimum atomic E-state index is -3.62. The van der Waals surface area contributed by atoms with Crippen LogP contribution in [0.5, 0.6) is 5.75 Å². The number of benzene rings is 1. The van der Waals surface area contributed by atoms with E-state index in [1.54, 1.807) is 26.0 Å². The van der Waals surface area contributed by atoms with Gasteiger partial charge < -0.3 is 19.3 Å². The van der Waals surface area contributed by atoms with Crippen molar-refractivity contribution >= 4 is 16.1 Å². The zero-order valence-electron chi connectivity index (χ0n) is 17.1. The Kier molecular flexibility index (Phi) is 5.48. The third kappa shape index (κ3) is 3.60. The number of rotatable bonds is 4. The van der Waals surface area contributed by atoms with Crippen molar-refractivity contribution in [3.8, 4) is 5.75 Å². The van der Waals surface area contributed by atoms with E-state index in [-0.39, 0.29) is 17.7 Å². The van der Waals surface area contributed by atoms with Gasteiger partial charge in [0.05, 0.1) is 16.3 Å². The molecule has 1 N–H and O–H groups in total. The summed E-state index contributed by atoms with van der Waals surface area (Å²) in [5.41, 5.74) is 0.769. The number of hydrogen-bond donors (Lipinski definition) is 1. The Morgan fingerprint density at radius 3 is 2.62 bits per heavy atom. The van der Waals surface area contributed by atoms with Gasteiger partial charge in [0, 0.05) is 45.0 Å². The summed E-state index contributed by atoms with van der Waals surface area (Å²) in [5.74, 6) is 0.271. The number of nitrogens with zero attached hydrogens (tertiary/aromatic N) is 2. The molecular weight excluding hydrogens is 392 g/mol. The smallest absolute Gasteiger partial charge is 0.278 e. The fourth-order valence-corrected chi connectivity index (χ4v) is 7.04. The first-order valence-corrected chi connectivity index (χ1v) is 11.9. The third-order valence-corrected chi connectivity index (χ3v) is 9.64. The summed E-state index contributed by atoms with van der Waals surface area (Å²) < 4.78 is 30.6. The summed E-state index contributed by atoms with van der Waals surface area (Å²) in [4.78, 5) is 17.1. The molecule has 8 heteroatoms. The lowest BCUT2D eigenvalue weighted by Crippen LogP contribution is -2.68. The van der Waals surface area contributed by atoms with Crippen molar-refractivity contribution in [3.05, 3.63) is 29.8 Å². The second-order valence-electron chi connectivity index (χ2n) is 9.00. The average Bonchev–Trinajstić information content (AvgIpc) is 3.12. The molecule has 0 radical (unpaired) electrons. The van der Waals surface area contributed by atoms with Crippen LogP contribution in [0.4, 0.5) is 0 Å². The Morgan fingerprint density at radius 2 is 1.93 bits per heavy atom. The number of sulfone groups is 1. The summed E-state index contributed by atoms with van der Waals surface area (Å²) in [6.45, 7) is 6.42. The molecule has 1 aromatic rings. The molecule has 160 valence electrons. The molecule has 1 aromatic carbocycles. The van der Waals surface area contributed by atoms with Crippen LogP contribution in [-0.2, 0) is 30.5 Å². The van der Waals surface area contributed by atoms with Crippen molar-refractivity contribution in [2.75, 3.05) is 32.8 Å². The van der Waals surface area contributed by atoms with Gasteiger partial charge in [-0.15, -0.1) is 4.21 Å². The molecule has 7 nitrogen and oxygen atoms in total. The molecule has 0 aliphatic carbocycles. The first-order valence-electron chi connectivity index (χ1n) is 10.3. The average molecular weight is 423 g/mol. The van der Waals surface area contributed by atoms with Crippen molar-refractivity contribution < 1.29 is 23.4 Å². The van der Waals surface area contributed by atoms with Gasteiger partial charge in [0.25, 0.3) is 5.91 Å². The molecule has 3 aliphatic heterocycles. The zero-order chi connectivity index (χ0) is 20.8. The number of amides is 1. The van der Waals surface area contributed by atoms with E-state index in [0.717, 1.165) is 18.4 Å². The van der Waals surface area contributed by atoms with Gasteiger partial charge in [0.2, 0.25) is 4.75 Å². The predicted molar refractivity (Wildman–Crippen MR) is 109 cm³/mol. The van der Waals surface area contributed by atoms with Gasteiger partial charge >= 0.3 is 0 Å². The fraction of sp³-hybridized carbons (Fsp3) is 0.667. The number of carbonyl (C=O) groups excluding carboxylic acids is 1. The van der Waals surface area contributed by atoms with Gasteiger partial charge in [-0.25, -0.2) is 0 Å². The van der Waals surface area contributed by atoms with Crippen LogP contribution >= 0.6 is 0 Å². The molecule has 0 aromatic heterocycles. The SMILES string of the molecule is CC1(C)C(=O)N(CC2CCOCC2)[C@H]2CN(Cc3ccccc3O)C[C@H]2[S+]1(=O)[O-]. The Labute approximate surface area is 173 Å². The van der Waals surface area contributed by atoms with Gasteiger partial charge in [0.15, 0.2) is 5.25 Å². The normalized spacial score (nSPS) is 33.1. The van der Waals surface area contributed by atoms with E-state index in [1.165, 1.54) is 0 Å². The molecular formula is C21H30N2O5S. The number of ether oxygens (including phenoxy) is 1. The van der Waals surface area contributed by atoms with Crippen LogP contribution < -0.4 is 0 Å². The van der Waals surface area contributed by atoms with Gasteiger partial charge in [-0.2, -0.15) is 0 Å². The number of phenols is 1. The zero-order valence-corrected chi connectivity index (χ0v) is 17.9. The predicted octanol–water partition coefficient (Wildman–Crippen LogP) is 1.62. The molecule has 3 heterocycles. The number of aromatic hydroxyl groups is 1. The van der Waals surface area contributed by atoms with Crippen LogP contribution in [0.3, 0.4) is 0 Å². The summed E-state index contributed by atoms with van der Waals surface area (Å²) in [7, 11) is -3.62. The highest BCUT2D eigenvalue weighted by Crippen LogP contribution is 2.42. The maximum atomic E-state index is 13.3. The lowest BCUT2D eigenvalue weighted by molar-refractivity contribution is -0.137. The first-order chi connectivity index (χ1) is 13.7. The molecule has 3 aliphatic rings. The Hall–Kier alpha value is -1.48. The van der Waals surface area contributed by atoms with E-state index in [4.69, 9.17) is 4.74 Å². The monoisotopic (exact) mass is 422 g/mol. The molecule has 4 rings (SSSR count). The number of fused-ring (bicyclic) bond motifs is 1. The molecule has 3 saturated heterocycles. The largest absolute Gasteiger partial charge is 0.614 e. The molecule has 3 atom stereocenters. The molecule has 0 bridgehead atoms. The van der Waals surface area contributed by atoms with E-state index >= 15 is 0 Å². The standard InChI is InChI=1S/C21H30N2O5S/c1-21(2)20(25)23(11-15-7-9-28-10-8-15)17-13-22(14-19(17)29(21,26)27)12-16-5-3-4-6-18(16)24/h3-6,15,17,19H,7-14H2,1-2H3,(H-,24,26,27)/t17-,19+/m0/s1. The van der Waals surface area contributed by atoms with Gasteiger partial charge in [-0.3, -0.25) is 9.69 Å². The van der Waals surface area contributed by atoms with E-state index in [1.807, 2.05) is 21.9 Å². The summed E-state index contributed by atoms with van der Waals surface area (Å²) in [6, 6.07) is 6.78. The Bertz CT molecular complexity index is 823. The van der Waals surface area contributed by atoms with Crippen LogP contribution in [0.2, 0.25) is 0 Å². The van der Waals surface area contributed by atoms with Gasteiger partial charge in [-0.1, -0.05) is 18.2 Å². The molecule has 1 unspecified atom stereocenters. The van der Waals surface area contributed by atoms with Crippen molar-refractivity contribution in [2.24, 2.45) is 5.92 Å². The van der Waals surface area contributed by atoms with E-state index in [9.17, 15) is 18.7 Å². The van der Waals surface area contributed by atoms with Gasteiger partial charge in [0.1, 0.15) is 5.75 Å². The van der Waals surface area contributed by atoms with Crippen molar-refractivity contribution in [1.82, 2.24) is 9.80 Å². The highest BCUT2D eigenvalue weighted by molar-refractivity contribution is 8.00. The molecule has 1 amide bonds. The highest BCUT2D eigenvalue weighted by Gasteiger charge is 2.63. The van der Waals surface area contributed by atoms with E-state index in [2.05, 4.69) is 0 Å². The lowest BCUT2D eigenvalue weighted by Gasteiger charge is -2.48. The second-order valence-corrected chi connectivity index (χ2v) is 11.7. The number of likely N-dealkylation sites (tertiary alicyclic amines) is 1. The minimum absolute atomic E-state index is 0.209. The van der Waals surface area contributed by atoms with Crippen molar-refractivity contribution in [2.45, 2.75) is 49.3 Å². The maximum Gasteiger partial charge on any atom is 0.278 e. The summed E-state index contributed by atoms with van der Waals surface area (Å²) in [6.07, 6.45) is 1.80. The van der Waals surface area contributed by atoms with Crippen molar-refractivity contribution in [1.29, 1.82) is 0 Å². The first kappa shape index (κ1) is 20.8. The third-order valence-electron chi connectivity index (χ3n) is 6.78. The summed E-state index contributed by atoms with van der Waals surface area (Å²) in [5, 5.41) is 9.51. The van der Waals surface area contributed by atoms with Crippen molar-refractivity contribution in [3.63, 3.8) is 0 Å².